The summed E-state index contributed by atoms with van der Waals surface area (Å²) in [4.78, 5) is 17.0. The molecule has 0 atom stereocenters. The molecule has 2 rings (SSSR count). The summed E-state index contributed by atoms with van der Waals surface area (Å²) < 4.78 is 0.553. The zero-order chi connectivity index (χ0) is 13.1. The van der Waals surface area contributed by atoms with Crippen molar-refractivity contribution >= 4 is 29.4 Å². The maximum atomic E-state index is 10.6. The molecule has 0 aliphatic carbocycles. The zero-order valence-electron chi connectivity index (χ0n) is 9.51. The number of nitro groups is 1. The van der Waals surface area contributed by atoms with Gasteiger partial charge in [-0.15, -0.1) is 0 Å². The molecule has 18 heavy (non-hydrogen) atoms. The van der Waals surface area contributed by atoms with E-state index in [1.165, 1.54) is 12.3 Å². The molecule has 0 fully saturated rings. The lowest BCUT2D eigenvalue weighted by Gasteiger charge is -2.07. The molecule has 0 amide bonds. The van der Waals surface area contributed by atoms with Gasteiger partial charge in [-0.25, -0.2) is 4.98 Å². The van der Waals surface area contributed by atoms with Crippen molar-refractivity contribution in [2.45, 2.75) is 6.92 Å². The summed E-state index contributed by atoms with van der Waals surface area (Å²) in [5.74, 6) is 0.547. The molecule has 6 nitrogen and oxygen atoms in total. The SMILES string of the molecule is Cc1cc([N+](=O)[O-])cnc1Nc1ccc[nH]c1=S. The molecular formula is C11H10N4O2S. The highest BCUT2D eigenvalue weighted by atomic mass is 32.1. The van der Waals surface area contributed by atoms with Crippen LogP contribution in [0.1, 0.15) is 5.56 Å². The normalized spacial score (nSPS) is 10.1. The fourth-order valence-corrected chi connectivity index (χ4v) is 1.63. The first-order chi connectivity index (χ1) is 8.58. The van der Waals surface area contributed by atoms with Gasteiger partial charge >= 0.3 is 0 Å². The number of H-pyrrole nitrogens is 1. The second-order valence-electron chi connectivity index (χ2n) is 3.65. The number of nitrogens with one attached hydrogen (secondary N) is 2. The summed E-state index contributed by atoms with van der Waals surface area (Å²) in [7, 11) is 0. The molecule has 2 aromatic rings. The van der Waals surface area contributed by atoms with Gasteiger partial charge in [0.15, 0.2) is 0 Å². The first-order valence-corrected chi connectivity index (χ1v) is 5.54. The van der Waals surface area contributed by atoms with Gasteiger partial charge in [0.1, 0.15) is 16.7 Å². The van der Waals surface area contributed by atoms with Gasteiger partial charge in [-0.05, 0) is 24.6 Å². The molecule has 0 aliphatic heterocycles. The Balaban J connectivity index is 2.33. The van der Waals surface area contributed by atoms with Crippen LogP contribution in [0.15, 0.2) is 30.6 Å². The van der Waals surface area contributed by atoms with Crippen molar-refractivity contribution in [3.8, 4) is 0 Å². The van der Waals surface area contributed by atoms with E-state index in [0.29, 0.717) is 21.7 Å². The van der Waals surface area contributed by atoms with Gasteiger partial charge in [0, 0.05) is 12.3 Å². The van der Waals surface area contributed by atoms with Crippen molar-refractivity contribution in [2.75, 3.05) is 5.32 Å². The molecule has 0 saturated heterocycles. The average Bonchev–Trinajstić information content (AvgIpc) is 2.34. The second kappa shape index (κ2) is 4.92. The fourth-order valence-electron chi connectivity index (χ4n) is 1.44. The van der Waals surface area contributed by atoms with Crippen LogP contribution in [-0.2, 0) is 0 Å². The maximum absolute atomic E-state index is 10.6. The molecule has 0 saturated carbocycles. The van der Waals surface area contributed by atoms with Gasteiger partial charge in [-0.2, -0.15) is 0 Å². The highest BCUT2D eigenvalue weighted by Gasteiger charge is 2.09. The van der Waals surface area contributed by atoms with E-state index in [4.69, 9.17) is 12.2 Å². The molecule has 0 unspecified atom stereocenters. The van der Waals surface area contributed by atoms with E-state index in [1.807, 2.05) is 0 Å². The minimum Gasteiger partial charge on any atom is -0.351 e. The van der Waals surface area contributed by atoms with E-state index < -0.39 is 4.92 Å². The van der Waals surface area contributed by atoms with Crippen LogP contribution in [0.2, 0.25) is 0 Å². The highest BCUT2D eigenvalue weighted by Crippen LogP contribution is 2.21. The molecule has 2 N–H and O–H groups in total. The van der Waals surface area contributed by atoms with E-state index in [1.54, 1.807) is 25.3 Å². The van der Waals surface area contributed by atoms with Crippen molar-refractivity contribution < 1.29 is 4.92 Å². The molecule has 7 heteroatoms. The van der Waals surface area contributed by atoms with Gasteiger partial charge in [0.05, 0.1) is 10.6 Å². The predicted molar refractivity (Wildman–Crippen MR) is 70.5 cm³/mol. The van der Waals surface area contributed by atoms with Gasteiger partial charge in [-0.3, -0.25) is 10.1 Å². The van der Waals surface area contributed by atoms with E-state index >= 15 is 0 Å². The van der Waals surface area contributed by atoms with Crippen molar-refractivity contribution in [3.63, 3.8) is 0 Å². The molecular weight excluding hydrogens is 252 g/mol. The molecule has 2 heterocycles. The highest BCUT2D eigenvalue weighted by molar-refractivity contribution is 7.71. The Morgan fingerprint density at radius 2 is 2.33 bits per heavy atom. The van der Waals surface area contributed by atoms with Crippen molar-refractivity contribution in [2.24, 2.45) is 0 Å². The standard InChI is InChI=1S/C11H10N4O2S/c1-7-5-8(15(16)17)6-13-10(7)14-9-3-2-4-12-11(9)18/h2-6H,1H3,(H,12,18)(H,13,14). The third-order valence-electron chi connectivity index (χ3n) is 2.35. The lowest BCUT2D eigenvalue weighted by atomic mass is 10.2. The van der Waals surface area contributed by atoms with E-state index in [9.17, 15) is 10.1 Å². The number of aromatic nitrogens is 2. The van der Waals surface area contributed by atoms with Gasteiger partial charge in [-0.1, -0.05) is 12.2 Å². The smallest absolute Gasteiger partial charge is 0.287 e. The van der Waals surface area contributed by atoms with Crippen LogP contribution in [0, 0.1) is 21.7 Å². The molecule has 92 valence electrons. The monoisotopic (exact) mass is 262 g/mol. The van der Waals surface area contributed by atoms with Crippen LogP contribution in [0.25, 0.3) is 0 Å². The van der Waals surface area contributed by atoms with Gasteiger partial charge in [0.25, 0.3) is 5.69 Å². The van der Waals surface area contributed by atoms with E-state index in [2.05, 4.69) is 15.3 Å². The van der Waals surface area contributed by atoms with Crippen molar-refractivity contribution in [3.05, 3.63) is 50.9 Å². The first-order valence-electron chi connectivity index (χ1n) is 5.13. The van der Waals surface area contributed by atoms with Gasteiger partial charge < -0.3 is 10.3 Å². The fraction of sp³-hybridized carbons (Fsp3) is 0.0909. The van der Waals surface area contributed by atoms with Gasteiger partial charge in [0.2, 0.25) is 0 Å². The average molecular weight is 262 g/mol. The Bertz CT molecular complexity index is 653. The lowest BCUT2D eigenvalue weighted by Crippen LogP contribution is -1.99. The predicted octanol–water partition coefficient (Wildman–Crippen LogP) is 3.10. The van der Waals surface area contributed by atoms with E-state index in [-0.39, 0.29) is 5.69 Å². The molecule has 0 spiro atoms. The van der Waals surface area contributed by atoms with Crippen molar-refractivity contribution in [1.29, 1.82) is 0 Å². The van der Waals surface area contributed by atoms with Crippen molar-refractivity contribution in [1.82, 2.24) is 9.97 Å². The summed E-state index contributed by atoms with van der Waals surface area (Å²) in [5, 5.41) is 13.6. The number of pyridine rings is 2. The van der Waals surface area contributed by atoms with Crippen LogP contribution in [-0.4, -0.2) is 14.9 Å². The van der Waals surface area contributed by atoms with Crippen LogP contribution in [0.5, 0.6) is 0 Å². The van der Waals surface area contributed by atoms with Crippen LogP contribution < -0.4 is 5.32 Å². The number of anilines is 2. The Hall–Kier alpha value is -2.28. The topological polar surface area (TPSA) is 83.8 Å². The Labute approximate surface area is 108 Å². The third kappa shape index (κ3) is 2.51. The van der Waals surface area contributed by atoms with Crippen LogP contribution in [0.4, 0.5) is 17.2 Å². The zero-order valence-corrected chi connectivity index (χ0v) is 10.3. The summed E-state index contributed by atoms with van der Waals surface area (Å²) in [6.45, 7) is 1.75. The molecule has 2 aromatic heterocycles. The Morgan fingerprint density at radius 1 is 1.56 bits per heavy atom. The largest absolute Gasteiger partial charge is 0.351 e. The molecule has 0 aliphatic rings. The summed E-state index contributed by atoms with van der Waals surface area (Å²) in [6.07, 6.45) is 2.94. The maximum Gasteiger partial charge on any atom is 0.287 e. The molecule has 0 aromatic carbocycles. The number of aryl methyl sites for hydroxylation is 1. The summed E-state index contributed by atoms with van der Waals surface area (Å²) in [5.41, 5.74) is 1.36. The van der Waals surface area contributed by atoms with Crippen LogP contribution >= 0.6 is 12.2 Å². The Kier molecular flexibility index (Phi) is 3.33. The van der Waals surface area contributed by atoms with E-state index in [0.717, 1.165) is 0 Å². The second-order valence-corrected chi connectivity index (χ2v) is 4.06. The number of rotatable bonds is 3. The minimum absolute atomic E-state index is 0.0312. The Morgan fingerprint density at radius 3 is 2.94 bits per heavy atom. The lowest BCUT2D eigenvalue weighted by molar-refractivity contribution is -0.385. The third-order valence-corrected chi connectivity index (χ3v) is 2.68. The number of aromatic amines is 1. The molecule has 0 bridgehead atoms. The first kappa shape index (κ1) is 12.2. The number of hydrogen-bond donors (Lipinski definition) is 2. The quantitative estimate of drug-likeness (QED) is 0.504. The van der Waals surface area contributed by atoms with Crippen LogP contribution in [0.3, 0.4) is 0 Å². The summed E-state index contributed by atoms with van der Waals surface area (Å²) in [6, 6.07) is 5.07. The number of hydrogen-bond acceptors (Lipinski definition) is 5. The minimum atomic E-state index is -0.474. The molecule has 0 radical (unpaired) electrons. The number of nitrogens with zero attached hydrogens (tertiary/aromatic N) is 2. The summed E-state index contributed by atoms with van der Waals surface area (Å²) >= 11 is 5.11.